The fourth-order valence-corrected chi connectivity index (χ4v) is 3.37. The van der Waals surface area contributed by atoms with Crippen LogP contribution in [0.25, 0.3) is 11.3 Å². The van der Waals surface area contributed by atoms with E-state index in [4.69, 9.17) is 4.74 Å². The molecule has 4 aromatic rings. The van der Waals surface area contributed by atoms with E-state index in [0.717, 1.165) is 5.56 Å². The third-order valence-corrected chi connectivity index (χ3v) is 4.87. The van der Waals surface area contributed by atoms with Crippen LogP contribution in [-0.2, 0) is 7.05 Å². The number of carbonyl (C=O) groups is 1. The number of ketones is 1. The minimum Gasteiger partial charge on any atom is -0.495 e. The maximum atomic E-state index is 13.7. The molecule has 0 saturated carbocycles. The number of hydrogen-bond acceptors (Lipinski definition) is 5. The molecular weight excluding hydrogens is 395 g/mol. The van der Waals surface area contributed by atoms with E-state index in [9.17, 15) is 9.18 Å². The van der Waals surface area contributed by atoms with Gasteiger partial charge in [-0.1, -0.05) is 42.5 Å². The lowest BCUT2D eigenvalue weighted by molar-refractivity contribution is 0.0970. The van der Waals surface area contributed by atoms with Gasteiger partial charge in [-0.25, -0.2) is 4.39 Å². The van der Waals surface area contributed by atoms with Gasteiger partial charge < -0.3 is 10.1 Å². The van der Waals surface area contributed by atoms with Crippen molar-refractivity contribution in [3.63, 3.8) is 0 Å². The van der Waals surface area contributed by atoms with E-state index in [1.54, 1.807) is 55.6 Å². The second-order valence-electron chi connectivity index (χ2n) is 7.04. The van der Waals surface area contributed by atoms with Crippen LogP contribution in [0.4, 0.5) is 10.1 Å². The number of nitrogens with zero attached hydrogens (tertiary/aromatic N) is 3. The highest BCUT2D eigenvalue weighted by Crippen LogP contribution is 2.30. The zero-order valence-electron chi connectivity index (χ0n) is 17.1. The maximum Gasteiger partial charge on any atom is 0.193 e. The van der Waals surface area contributed by atoms with Crippen molar-refractivity contribution in [2.45, 2.75) is 6.04 Å². The summed E-state index contributed by atoms with van der Waals surface area (Å²) < 4.78 is 20.4. The first-order valence-corrected chi connectivity index (χ1v) is 9.69. The number of nitrogens with one attached hydrogen (secondary N) is 1. The fourth-order valence-electron chi connectivity index (χ4n) is 3.37. The third kappa shape index (κ3) is 4.45. The van der Waals surface area contributed by atoms with Crippen molar-refractivity contribution in [1.82, 2.24) is 14.8 Å². The molecule has 0 amide bonds. The molecule has 1 atom stereocenters. The Morgan fingerprint density at radius 3 is 2.55 bits per heavy atom. The van der Waals surface area contributed by atoms with Crippen LogP contribution in [0.2, 0.25) is 0 Å². The quantitative estimate of drug-likeness (QED) is 0.444. The monoisotopic (exact) mass is 416 g/mol. The summed E-state index contributed by atoms with van der Waals surface area (Å²) >= 11 is 0. The number of aromatic nitrogens is 3. The average Bonchev–Trinajstić information content (AvgIpc) is 3.20. The largest absolute Gasteiger partial charge is 0.495 e. The van der Waals surface area contributed by atoms with Gasteiger partial charge in [-0.3, -0.25) is 14.5 Å². The van der Waals surface area contributed by atoms with Crippen LogP contribution in [-0.4, -0.2) is 27.7 Å². The summed E-state index contributed by atoms with van der Waals surface area (Å²) in [5.41, 5.74) is 3.12. The van der Waals surface area contributed by atoms with E-state index in [0.29, 0.717) is 28.3 Å². The standard InChI is InChI=1S/C24H21FN4O2/c1-29-15-21(22(28-29)16-6-4-3-5-7-16)24(30)23(17-8-10-18(25)11-9-17)27-19-12-20(31-2)14-26-13-19/h3-15,23,27H,1-2H3. The van der Waals surface area contributed by atoms with Gasteiger partial charge in [-0.2, -0.15) is 5.10 Å². The smallest absolute Gasteiger partial charge is 0.193 e. The van der Waals surface area contributed by atoms with Crippen molar-refractivity contribution >= 4 is 11.5 Å². The molecule has 31 heavy (non-hydrogen) atoms. The van der Waals surface area contributed by atoms with E-state index in [2.05, 4.69) is 15.4 Å². The number of ether oxygens (including phenoxy) is 1. The summed E-state index contributed by atoms with van der Waals surface area (Å²) in [4.78, 5) is 17.9. The molecule has 7 heteroatoms. The van der Waals surface area contributed by atoms with Crippen LogP contribution in [0.1, 0.15) is 22.0 Å². The maximum absolute atomic E-state index is 13.7. The Hall–Kier alpha value is -4.00. The predicted octanol–water partition coefficient (Wildman–Crippen LogP) is 4.67. The van der Waals surface area contributed by atoms with E-state index >= 15 is 0 Å². The summed E-state index contributed by atoms with van der Waals surface area (Å²) in [5, 5.41) is 7.73. The van der Waals surface area contributed by atoms with Gasteiger partial charge >= 0.3 is 0 Å². The average molecular weight is 416 g/mol. The Bertz CT molecular complexity index is 1190. The zero-order chi connectivity index (χ0) is 21.8. The molecule has 2 aromatic heterocycles. The van der Waals surface area contributed by atoms with Crippen molar-refractivity contribution in [2.75, 3.05) is 12.4 Å². The predicted molar refractivity (Wildman–Crippen MR) is 117 cm³/mol. The SMILES string of the molecule is COc1cncc(NC(C(=O)c2cn(C)nc2-c2ccccc2)c2ccc(F)cc2)c1. The molecule has 156 valence electrons. The number of pyridine rings is 1. The minimum atomic E-state index is -0.777. The highest BCUT2D eigenvalue weighted by Gasteiger charge is 2.27. The Morgan fingerprint density at radius 1 is 1.10 bits per heavy atom. The van der Waals surface area contributed by atoms with Gasteiger partial charge in [0.2, 0.25) is 0 Å². The van der Waals surface area contributed by atoms with Gasteiger partial charge in [0, 0.05) is 24.9 Å². The van der Waals surface area contributed by atoms with Gasteiger partial charge in [-0.15, -0.1) is 0 Å². The molecule has 0 bridgehead atoms. The van der Waals surface area contributed by atoms with Crippen LogP contribution in [0.3, 0.4) is 0 Å². The van der Waals surface area contributed by atoms with Crippen molar-refractivity contribution in [1.29, 1.82) is 0 Å². The van der Waals surface area contributed by atoms with E-state index < -0.39 is 6.04 Å². The summed E-state index contributed by atoms with van der Waals surface area (Å²) in [6.45, 7) is 0. The first kappa shape index (κ1) is 20.3. The molecule has 0 fully saturated rings. The van der Waals surface area contributed by atoms with Gasteiger partial charge in [0.1, 0.15) is 23.3 Å². The fraction of sp³-hybridized carbons (Fsp3) is 0.125. The Balaban J connectivity index is 1.77. The Labute approximate surface area is 179 Å². The molecule has 0 spiro atoms. The summed E-state index contributed by atoms with van der Waals surface area (Å²) in [5.74, 6) is -0.00705. The molecule has 4 rings (SSSR count). The summed E-state index contributed by atoms with van der Waals surface area (Å²) in [7, 11) is 3.32. The number of methoxy groups -OCH3 is 1. The number of hydrogen-bond donors (Lipinski definition) is 1. The number of aryl methyl sites for hydroxylation is 1. The molecule has 6 nitrogen and oxygen atoms in total. The molecule has 0 saturated heterocycles. The van der Waals surface area contributed by atoms with Crippen LogP contribution in [0.5, 0.6) is 5.75 Å². The summed E-state index contributed by atoms with van der Waals surface area (Å²) in [6, 6.07) is 16.4. The van der Waals surface area contributed by atoms with Crippen LogP contribution >= 0.6 is 0 Å². The Kier molecular flexibility index (Phi) is 5.75. The van der Waals surface area contributed by atoms with Crippen LogP contribution < -0.4 is 10.1 Å². The van der Waals surface area contributed by atoms with E-state index in [1.165, 1.54) is 12.1 Å². The van der Waals surface area contributed by atoms with Gasteiger partial charge in [-0.05, 0) is 17.7 Å². The Morgan fingerprint density at radius 2 is 1.84 bits per heavy atom. The molecule has 0 aliphatic carbocycles. The van der Waals surface area contributed by atoms with Crippen molar-refractivity contribution in [2.24, 2.45) is 7.05 Å². The lowest BCUT2D eigenvalue weighted by Gasteiger charge is -2.19. The molecule has 0 aliphatic heterocycles. The molecule has 1 N–H and O–H groups in total. The molecule has 1 unspecified atom stereocenters. The normalized spacial score (nSPS) is 11.7. The second kappa shape index (κ2) is 8.79. The first-order valence-electron chi connectivity index (χ1n) is 9.69. The molecular formula is C24H21FN4O2. The van der Waals surface area contributed by atoms with Gasteiger partial charge in [0.15, 0.2) is 5.78 Å². The number of anilines is 1. The lowest BCUT2D eigenvalue weighted by atomic mass is 9.95. The lowest BCUT2D eigenvalue weighted by Crippen LogP contribution is -2.21. The van der Waals surface area contributed by atoms with Gasteiger partial charge in [0.05, 0.1) is 30.8 Å². The molecule has 0 radical (unpaired) electrons. The van der Waals surface area contributed by atoms with Crippen molar-refractivity contribution < 1.29 is 13.9 Å². The molecule has 2 heterocycles. The highest BCUT2D eigenvalue weighted by atomic mass is 19.1. The summed E-state index contributed by atoms with van der Waals surface area (Å²) in [6.07, 6.45) is 4.88. The van der Waals surface area contributed by atoms with Gasteiger partial charge in [0.25, 0.3) is 0 Å². The number of benzene rings is 2. The number of carbonyl (C=O) groups excluding carboxylic acids is 1. The second-order valence-corrected chi connectivity index (χ2v) is 7.04. The van der Waals surface area contributed by atoms with E-state index in [-0.39, 0.29) is 11.6 Å². The third-order valence-electron chi connectivity index (χ3n) is 4.87. The molecule has 0 aliphatic rings. The highest BCUT2D eigenvalue weighted by molar-refractivity contribution is 6.06. The molecule has 2 aromatic carbocycles. The van der Waals surface area contributed by atoms with Crippen LogP contribution in [0.15, 0.2) is 79.3 Å². The van der Waals surface area contributed by atoms with Crippen LogP contribution in [0, 0.1) is 5.82 Å². The van der Waals surface area contributed by atoms with Crippen molar-refractivity contribution in [3.8, 4) is 17.0 Å². The number of Topliss-reactive ketones (excluding diaryl/α,β-unsaturated/α-hetero) is 1. The number of halogens is 1. The van der Waals surface area contributed by atoms with E-state index in [1.807, 2.05) is 30.3 Å². The topological polar surface area (TPSA) is 69.0 Å². The van der Waals surface area contributed by atoms with Crippen molar-refractivity contribution in [3.05, 3.63) is 96.2 Å². The number of rotatable bonds is 7. The zero-order valence-corrected chi connectivity index (χ0v) is 17.1. The minimum absolute atomic E-state index is 0.193. The first-order chi connectivity index (χ1) is 15.0.